The molecule has 0 spiro atoms. The van der Waals surface area contributed by atoms with Crippen LogP contribution in [-0.2, 0) is 14.3 Å². The molecule has 8 heteroatoms. The Bertz CT molecular complexity index is 469. The van der Waals surface area contributed by atoms with Gasteiger partial charge >= 0.3 is 18.2 Å². The summed E-state index contributed by atoms with van der Waals surface area (Å²) in [5.74, 6) is -1.22. The fourth-order valence-electron chi connectivity index (χ4n) is 1.83. The first-order valence-corrected chi connectivity index (χ1v) is 6.97. The molecule has 1 rings (SSSR count). The molecule has 126 valence electrons. The SMILES string of the molecule is CC(C)(C)OC(=O)NC1(C(=O)O)CN(C(=O)OC(C)(C)C)C1. The van der Waals surface area contributed by atoms with E-state index >= 15 is 0 Å². The number of nitrogens with one attached hydrogen (secondary N) is 1. The van der Waals surface area contributed by atoms with Crippen LogP contribution in [0.3, 0.4) is 0 Å². The Balaban J connectivity index is 2.66. The molecule has 0 aromatic carbocycles. The highest BCUT2D eigenvalue weighted by Crippen LogP contribution is 2.24. The lowest BCUT2D eigenvalue weighted by molar-refractivity contribution is -0.152. The van der Waals surface area contributed by atoms with E-state index in [1.54, 1.807) is 41.5 Å². The number of carboxylic acids is 1. The average Bonchev–Trinajstić information content (AvgIpc) is 2.16. The maximum absolute atomic E-state index is 11.8. The molecule has 0 saturated carbocycles. The van der Waals surface area contributed by atoms with Crippen LogP contribution in [-0.4, -0.2) is 58.0 Å². The Hall–Kier alpha value is -1.99. The number of carbonyl (C=O) groups excluding carboxylic acids is 2. The van der Waals surface area contributed by atoms with E-state index < -0.39 is 34.9 Å². The van der Waals surface area contributed by atoms with Crippen molar-refractivity contribution in [1.29, 1.82) is 0 Å². The van der Waals surface area contributed by atoms with E-state index in [-0.39, 0.29) is 13.1 Å². The van der Waals surface area contributed by atoms with Crippen molar-refractivity contribution in [2.75, 3.05) is 13.1 Å². The fraction of sp³-hybridized carbons (Fsp3) is 0.786. The maximum Gasteiger partial charge on any atom is 0.410 e. The summed E-state index contributed by atoms with van der Waals surface area (Å²) in [4.78, 5) is 36.2. The summed E-state index contributed by atoms with van der Waals surface area (Å²) in [5, 5.41) is 11.6. The zero-order valence-corrected chi connectivity index (χ0v) is 13.8. The number of nitrogens with zero attached hydrogens (tertiary/aromatic N) is 1. The minimum Gasteiger partial charge on any atom is -0.479 e. The van der Waals surface area contributed by atoms with Crippen molar-refractivity contribution in [3.8, 4) is 0 Å². The monoisotopic (exact) mass is 316 g/mol. The van der Waals surface area contributed by atoms with Gasteiger partial charge in [-0.3, -0.25) is 0 Å². The third-order valence-electron chi connectivity index (χ3n) is 2.72. The van der Waals surface area contributed by atoms with Gasteiger partial charge in [-0.05, 0) is 41.5 Å². The van der Waals surface area contributed by atoms with E-state index in [0.29, 0.717) is 0 Å². The van der Waals surface area contributed by atoms with Crippen LogP contribution in [0.4, 0.5) is 9.59 Å². The zero-order chi connectivity index (χ0) is 17.3. The topological polar surface area (TPSA) is 105 Å². The normalized spacial score (nSPS) is 17.3. The van der Waals surface area contributed by atoms with Gasteiger partial charge in [-0.2, -0.15) is 0 Å². The molecule has 1 fully saturated rings. The first-order chi connectivity index (χ1) is 9.74. The third-order valence-corrected chi connectivity index (χ3v) is 2.72. The van der Waals surface area contributed by atoms with Gasteiger partial charge in [0.05, 0.1) is 13.1 Å². The summed E-state index contributed by atoms with van der Waals surface area (Å²) in [7, 11) is 0. The highest BCUT2D eigenvalue weighted by atomic mass is 16.6. The van der Waals surface area contributed by atoms with E-state index in [1.165, 1.54) is 4.90 Å². The van der Waals surface area contributed by atoms with Gasteiger partial charge < -0.3 is 24.8 Å². The molecule has 0 radical (unpaired) electrons. The van der Waals surface area contributed by atoms with Crippen molar-refractivity contribution < 1.29 is 29.0 Å². The Morgan fingerprint density at radius 3 is 1.82 bits per heavy atom. The van der Waals surface area contributed by atoms with Gasteiger partial charge in [-0.25, -0.2) is 14.4 Å². The zero-order valence-electron chi connectivity index (χ0n) is 13.8. The van der Waals surface area contributed by atoms with Crippen LogP contribution < -0.4 is 5.32 Å². The van der Waals surface area contributed by atoms with Gasteiger partial charge in [0.1, 0.15) is 11.2 Å². The van der Waals surface area contributed by atoms with Crippen LogP contribution in [0.15, 0.2) is 0 Å². The molecule has 0 unspecified atom stereocenters. The molecular formula is C14H24N2O6. The number of rotatable bonds is 2. The number of carboxylic acid groups (broad SMARTS) is 1. The summed E-state index contributed by atoms with van der Waals surface area (Å²) in [6, 6.07) is 0. The molecule has 0 bridgehead atoms. The molecule has 2 N–H and O–H groups in total. The van der Waals surface area contributed by atoms with Crippen LogP contribution >= 0.6 is 0 Å². The Labute approximate surface area is 129 Å². The molecule has 1 aliphatic rings. The molecule has 2 amide bonds. The lowest BCUT2D eigenvalue weighted by atomic mass is 9.90. The average molecular weight is 316 g/mol. The van der Waals surface area contributed by atoms with Crippen molar-refractivity contribution in [3.63, 3.8) is 0 Å². The molecule has 1 aliphatic heterocycles. The minimum absolute atomic E-state index is 0.170. The van der Waals surface area contributed by atoms with E-state index in [0.717, 1.165) is 0 Å². The number of amides is 2. The number of aliphatic carboxylic acids is 1. The second-order valence-electron chi connectivity index (χ2n) is 7.35. The first-order valence-electron chi connectivity index (χ1n) is 6.97. The molecule has 0 aromatic heterocycles. The Morgan fingerprint density at radius 2 is 1.45 bits per heavy atom. The van der Waals surface area contributed by atoms with Crippen LogP contribution in [0, 0.1) is 0 Å². The number of carbonyl (C=O) groups is 3. The Morgan fingerprint density at radius 1 is 1.00 bits per heavy atom. The minimum atomic E-state index is -1.54. The van der Waals surface area contributed by atoms with Gasteiger partial charge in [0.2, 0.25) is 0 Å². The summed E-state index contributed by atoms with van der Waals surface area (Å²) < 4.78 is 10.2. The largest absolute Gasteiger partial charge is 0.479 e. The number of hydrogen-bond donors (Lipinski definition) is 2. The van der Waals surface area contributed by atoms with Gasteiger partial charge in [0.25, 0.3) is 0 Å². The quantitative estimate of drug-likeness (QED) is 0.801. The predicted octanol–water partition coefficient (Wildman–Crippen LogP) is 1.59. The number of likely N-dealkylation sites (tertiary alicyclic amines) is 1. The standard InChI is InChI=1S/C14H24N2O6/c1-12(2,3)21-10(19)15-14(9(17)18)7-16(8-14)11(20)22-13(4,5)6/h7-8H2,1-6H3,(H,15,19)(H,17,18). The van der Waals surface area contributed by atoms with Crippen molar-refractivity contribution >= 4 is 18.2 Å². The van der Waals surface area contributed by atoms with E-state index in [1.807, 2.05) is 0 Å². The van der Waals surface area contributed by atoms with Crippen LogP contribution in [0.2, 0.25) is 0 Å². The summed E-state index contributed by atoms with van der Waals surface area (Å²) in [6.45, 7) is 9.83. The van der Waals surface area contributed by atoms with Crippen LogP contribution in [0.1, 0.15) is 41.5 Å². The highest BCUT2D eigenvalue weighted by molar-refractivity contribution is 5.88. The Kier molecular flexibility index (Phi) is 4.65. The molecular weight excluding hydrogens is 292 g/mol. The van der Waals surface area contributed by atoms with Crippen LogP contribution in [0.25, 0.3) is 0 Å². The molecule has 0 aliphatic carbocycles. The van der Waals surface area contributed by atoms with Gasteiger partial charge in [-0.15, -0.1) is 0 Å². The van der Waals surface area contributed by atoms with E-state index in [9.17, 15) is 19.5 Å². The fourth-order valence-corrected chi connectivity index (χ4v) is 1.83. The first kappa shape index (κ1) is 18.1. The molecule has 0 aromatic rings. The third kappa shape index (κ3) is 4.78. The van der Waals surface area contributed by atoms with E-state index in [4.69, 9.17) is 9.47 Å². The predicted molar refractivity (Wildman–Crippen MR) is 77.5 cm³/mol. The van der Waals surface area contributed by atoms with Crippen molar-refractivity contribution in [1.82, 2.24) is 10.2 Å². The smallest absolute Gasteiger partial charge is 0.410 e. The van der Waals surface area contributed by atoms with E-state index in [2.05, 4.69) is 5.32 Å². The lowest BCUT2D eigenvalue weighted by Gasteiger charge is -2.46. The van der Waals surface area contributed by atoms with Crippen molar-refractivity contribution in [3.05, 3.63) is 0 Å². The maximum atomic E-state index is 11.8. The number of alkyl carbamates (subject to hydrolysis) is 1. The van der Waals surface area contributed by atoms with Crippen molar-refractivity contribution in [2.45, 2.75) is 58.3 Å². The molecule has 1 heterocycles. The highest BCUT2D eigenvalue weighted by Gasteiger charge is 2.54. The molecule has 0 atom stereocenters. The van der Waals surface area contributed by atoms with Crippen LogP contribution in [0.5, 0.6) is 0 Å². The molecule has 1 saturated heterocycles. The second kappa shape index (κ2) is 5.66. The number of hydrogen-bond acceptors (Lipinski definition) is 5. The summed E-state index contributed by atoms with van der Waals surface area (Å²) in [6.07, 6.45) is -1.45. The summed E-state index contributed by atoms with van der Waals surface area (Å²) in [5.41, 5.74) is -2.95. The number of ether oxygens (including phenoxy) is 2. The second-order valence-corrected chi connectivity index (χ2v) is 7.35. The van der Waals surface area contributed by atoms with Gasteiger partial charge in [0.15, 0.2) is 5.54 Å². The summed E-state index contributed by atoms with van der Waals surface area (Å²) >= 11 is 0. The van der Waals surface area contributed by atoms with Gasteiger partial charge in [-0.1, -0.05) is 0 Å². The van der Waals surface area contributed by atoms with Gasteiger partial charge in [0, 0.05) is 0 Å². The molecule has 22 heavy (non-hydrogen) atoms. The lowest BCUT2D eigenvalue weighted by Crippen LogP contribution is -2.75. The molecule has 8 nitrogen and oxygen atoms in total. The van der Waals surface area contributed by atoms with Crippen molar-refractivity contribution in [2.24, 2.45) is 0 Å².